The van der Waals surface area contributed by atoms with Crippen molar-refractivity contribution in [2.75, 3.05) is 5.73 Å². The predicted molar refractivity (Wildman–Crippen MR) is 85.8 cm³/mol. The SMILES string of the molecule is Cc1cc(F)ccc1-n1cc(N)c(-c2ccc(Br)cc2)n1. The molecule has 1 heterocycles. The number of nitrogens with zero attached hydrogens (tertiary/aromatic N) is 2. The molecule has 0 aliphatic heterocycles. The van der Waals surface area contributed by atoms with Gasteiger partial charge in [-0.2, -0.15) is 5.10 Å². The van der Waals surface area contributed by atoms with Crippen LogP contribution in [0, 0.1) is 12.7 Å². The molecule has 0 unspecified atom stereocenters. The van der Waals surface area contributed by atoms with E-state index in [-0.39, 0.29) is 5.82 Å². The molecule has 0 fully saturated rings. The maximum absolute atomic E-state index is 13.2. The Balaban J connectivity index is 2.07. The first-order valence-electron chi connectivity index (χ1n) is 6.42. The molecule has 5 heteroatoms. The third-order valence-electron chi connectivity index (χ3n) is 3.27. The van der Waals surface area contributed by atoms with E-state index in [1.54, 1.807) is 16.9 Å². The normalized spacial score (nSPS) is 10.8. The molecule has 0 aliphatic carbocycles. The Morgan fingerprint density at radius 3 is 2.52 bits per heavy atom. The minimum absolute atomic E-state index is 0.260. The molecule has 2 aromatic carbocycles. The summed E-state index contributed by atoms with van der Waals surface area (Å²) in [4.78, 5) is 0. The number of aromatic nitrogens is 2. The number of hydrogen-bond donors (Lipinski definition) is 1. The van der Waals surface area contributed by atoms with Crippen molar-refractivity contribution in [1.29, 1.82) is 0 Å². The molecule has 2 N–H and O–H groups in total. The molecule has 0 atom stereocenters. The fraction of sp³-hybridized carbons (Fsp3) is 0.0625. The summed E-state index contributed by atoms with van der Waals surface area (Å²) in [5, 5.41) is 4.52. The highest BCUT2D eigenvalue weighted by Crippen LogP contribution is 2.27. The Labute approximate surface area is 130 Å². The quantitative estimate of drug-likeness (QED) is 0.751. The molecule has 21 heavy (non-hydrogen) atoms. The average molecular weight is 346 g/mol. The second-order valence-electron chi connectivity index (χ2n) is 4.82. The summed E-state index contributed by atoms with van der Waals surface area (Å²) >= 11 is 3.40. The van der Waals surface area contributed by atoms with Gasteiger partial charge in [-0.15, -0.1) is 0 Å². The van der Waals surface area contributed by atoms with E-state index in [9.17, 15) is 4.39 Å². The van der Waals surface area contributed by atoms with Crippen molar-refractivity contribution in [3.8, 4) is 16.9 Å². The smallest absolute Gasteiger partial charge is 0.123 e. The van der Waals surface area contributed by atoms with E-state index in [1.165, 1.54) is 12.1 Å². The lowest BCUT2D eigenvalue weighted by Gasteiger charge is -2.05. The van der Waals surface area contributed by atoms with Gasteiger partial charge in [-0.1, -0.05) is 28.1 Å². The lowest BCUT2D eigenvalue weighted by molar-refractivity contribution is 0.625. The third-order valence-corrected chi connectivity index (χ3v) is 3.79. The Kier molecular flexibility index (Phi) is 3.51. The third kappa shape index (κ3) is 2.69. The highest BCUT2D eigenvalue weighted by Gasteiger charge is 2.11. The molecule has 1 aromatic heterocycles. The highest BCUT2D eigenvalue weighted by molar-refractivity contribution is 9.10. The van der Waals surface area contributed by atoms with Gasteiger partial charge in [0.15, 0.2) is 0 Å². The Bertz CT molecular complexity index is 794. The fourth-order valence-corrected chi connectivity index (χ4v) is 2.48. The van der Waals surface area contributed by atoms with Crippen molar-refractivity contribution in [2.45, 2.75) is 6.92 Å². The molecule has 0 bridgehead atoms. The van der Waals surface area contributed by atoms with Crippen LogP contribution in [-0.4, -0.2) is 9.78 Å². The van der Waals surface area contributed by atoms with Crippen LogP contribution in [-0.2, 0) is 0 Å². The van der Waals surface area contributed by atoms with Crippen molar-refractivity contribution in [2.24, 2.45) is 0 Å². The van der Waals surface area contributed by atoms with Crippen LogP contribution >= 0.6 is 15.9 Å². The van der Waals surface area contributed by atoms with E-state index in [0.717, 1.165) is 21.3 Å². The second-order valence-corrected chi connectivity index (χ2v) is 5.73. The monoisotopic (exact) mass is 345 g/mol. The van der Waals surface area contributed by atoms with Crippen LogP contribution in [0.25, 0.3) is 16.9 Å². The molecule has 0 spiro atoms. The number of nitrogen functional groups attached to an aromatic ring is 1. The van der Waals surface area contributed by atoms with Gasteiger partial charge < -0.3 is 5.73 Å². The summed E-state index contributed by atoms with van der Waals surface area (Å²) in [7, 11) is 0. The van der Waals surface area contributed by atoms with E-state index in [0.29, 0.717) is 11.4 Å². The summed E-state index contributed by atoms with van der Waals surface area (Å²) in [5.74, 6) is -0.260. The lowest BCUT2D eigenvalue weighted by Crippen LogP contribution is -1.98. The Morgan fingerprint density at radius 1 is 1.14 bits per heavy atom. The van der Waals surface area contributed by atoms with Crippen molar-refractivity contribution in [3.63, 3.8) is 0 Å². The van der Waals surface area contributed by atoms with Gasteiger partial charge in [0.05, 0.1) is 17.6 Å². The number of hydrogen-bond acceptors (Lipinski definition) is 2. The zero-order chi connectivity index (χ0) is 15.0. The van der Waals surface area contributed by atoms with Crippen LogP contribution in [0.5, 0.6) is 0 Å². The molecule has 0 saturated carbocycles. The number of halogens is 2. The number of anilines is 1. The van der Waals surface area contributed by atoms with Crippen molar-refractivity contribution < 1.29 is 4.39 Å². The highest BCUT2D eigenvalue weighted by atomic mass is 79.9. The van der Waals surface area contributed by atoms with Crippen LogP contribution in [0.15, 0.2) is 53.1 Å². The standard InChI is InChI=1S/C16H13BrFN3/c1-10-8-13(18)6-7-15(10)21-9-14(19)16(20-21)11-2-4-12(17)5-3-11/h2-9H,19H2,1H3. The van der Waals surface area contributed by atoms with Crippen molar-refractivity contribution in [1.82, 2.24) is 9.78 Å². The van der Waals surface area contributed by atoms with Gasteiger partial charge in [0.1, 0.15) is 11.5 Å². The first-order chi connectivity index (χ1) is 10.0. The van der Waals surface area contributed by atoms with Gasteiger partial charge >= 0.3 is 0 Å². The molecule has 0 aliphatic rings. The van der Waals surface area contributed by atoms with E-state index >= 15 is 0 Å². The van der Waals surface area contributed by atoms with Crippen molar-refractivity contribution >= 4 is 21.6 Å². The summed E-state index contributed by atoms with van der Waals surface area (Å²) in [5.41, 5.74) is 9.91. The molecule has 3 aromatic rings. The largest absolute Gasteiger partial charge is 0.396 e. The van der Waals surface area contributed by atoms with Crippen LogP contribution < -0.4 is 5.73 Å². The number of aryl methyl sites for hydroxylation is 1. The average Bonchev–Trinajstić information content (AvgIpc) is 2.81. The van der Waals surface area contributed by atoms with Gasteiger partial charge in [0.2, 0.25) is 0 Å². The summed E-state index contributed by atoms with van der Waals surface area (Å²) in [6.45, 7) is 1.84. The first kappa shape index (κ1) is 13.8. The maximum Gasteiger partial charge on any atom is 0.123 e. The minimum Gasteiger partial charge on any atom is -0.396 e. The van der Waals surface area contributed by atoms with Gasteiger partial charge in [0, 0.05) is 10.0 Å². The first-order valence-corrected chi connectivity index (χ1v) is 7.21. The minimum atomic E-state index is -0.260. The molecule has 3 rings (SSSR count). The predicted octanol–water partition coefficient (Wildman–Crippen LogP) is 4.33. The van der Waals surface area contributed by atoms with E-state index in [4.69, 9.17) is 5.73 Å². The molecule has 0 amide bonds. The van der Waals surface area contributed by atoms with Crippen LogP contribution in [0.1, 0.15) is 5.56 Å². The number of nitrogens with two attached hydrogens (primary N) is 1. The second kappa shape index (κ2) is 5.33. The molecule has 0 radical (unpaired) electrons. The summed E-state index contributed by atoms with van der Waals surface area (Å²) < 4.78 is 15.9. The van der Waals surface area contributed by atoms with E-state index < -0.39 is 0 Å². The van der Waals surface area contributed by atoms with E-state index in [2.05, 4.69) is 21.0 Å². The van der Waals surface area contributed by atoms with Crippen molar-refractivity contribution in [3.05, 3.63) is 64.5 Å². The number of rotatable bonds is 2. The zero-order valence-electron chi connectivity index (χ0n) is 11.3. The lowest BCUT2D eigenvalue weighted by atomic mass is 10.1. The molecular formula is C16H13BrFN3. The summed E-state index contributed by atoms with van der Waals surface area (Å²) in [6.07, 6.45) is 1.75. The Hall–Kier alpha value is -2.14. The summed E-state index contributed by atoms with van der Waals surface area (Å²) in [6, 6.07) is 12.4. The molecule has 0 saturated heterocycles. The molecule has 106 valence electrons. The fourth-order valence-electron chi connectivity index (χ4n) is 2.22. The van der Waals surface area contributed by atoms with Gasteiger partial charge in [-0.05, 0) is 42.8 Å². The molecular weight excluding hydrogens is 333 g/mol. The topological polar surface area (TPSA) is 43.8 Å². The maximum atomic E-state index is 13.2. The van der Waals surface area contributed by atoms with Crippen LogP contribution in [0.4, 0.5) is 10.1 Å². The molecule has 3 nitrogen and oxygen atoms in total. The van der Waals surface area contributed by atoms with Crippen LogP contribution in [0.2, 0.25) is 0 Å². The van der Waals surface area contributed by atoms with Crippen LogP contribution in [0.3, 0.4) is 0 Å². The number of benzene rings is 2. The van der Waals surface area contributed by atoms with Gasteiger partial charge in [-0.25, -0.2) is 9.07 Å². The van der Waals surface area contributed by atoms with Gasteiger partial charge in [0.25, 0.3) is 0 Å². The Morgan fingerprint density at radius 2 is 1.86 bits per heavy atom. The van der Waals surface area contributed by atoms with E-state index in [1.807, 2.05) is 31.2 Å². The van der Waals surface area contributed by atoms with Gasteiger partial charge in [-0.3, -0.25) is 0 Å². The zero-order valence-corrected chi connectivity index (χ0v) is 12.9.